The van der Waals surface area contributed by atoms with Crippen molar-refractivity contribution in [1.29, 1.82) is 0 Å². The Kier molecular flexibility index (Phi) is 4.02. The van der Waals surface area contributed by atoms with E-state index < -0.39 is 0 Å². The largest absolute Gasteiger partial charge is 0.366 e. The highest BCUT2D eigenvalue weighted by molar-refractivity contribution is 5.55. The second kappa shape index (κ2) is 5.77. The minimum atomic E-state index is 0.186. The van der Waals surface area contributed by atoms with Crippen LogP contribution in [0.5, 0.6) is 0 Å². The van der Waals surface area contributed by atoms with Gasteiger partial charge in [-0.05, 0) is 38.3 Å². The molecule has 1 N–H and O–H groups in total. The second-order valence-corrected chi connectivity index (χ2v) is 7.14. The maximum Gasteiger partial charge on any atom is 0.0414 e. The van der Waals surface area contributed by atoms with Gasteiger partial charge in [-0.25, -0.2) is 0 Å². The molecule has 0 bridgehead atoms. The average molecular weight is 272 g/mol. The van der Waals surface area contributed by atoms with Crippen LogP contribution in [-0.4, -0.2) is 18.1 Å². The van der Waals surface area contributed by atoms with E-state index in [2.05, 4.69) is 48.3 Å². The van der Waals surface area contributed by atoms with E-state index in [9.17, 15) is 0 Å². The number of rotatable bonds is 1. The first-order chi connectivity index (χ1) is 9.66. The highest BCUT2D eigenvalue weighted by Crippen LogP contribution is 2.32. The number of anilines is 1. The lowest BCUT2D eigenvalue weighted by Crippen LogP contribution is -2.49. The van der Waals surface area contributed by atoms with Crippen LogP contribution in [0.3, 0.4) is 0 Å². The average Bonchev–Trinajstić information content (AvgIpc) is 2.77. The molecule has 3 rings (SSSR count). The van der Waals surface area contributed by atoms with Crippen LogP contribution in [-0.2, 0) is 6.54 Å². The summed E-state index contributed by atoms with van der Waals surface area (Å²) in [5, 5.41) is 3.72. The zero-order valence-electron chi connectivity index (χ0n) is 13.0. The van der Waals surface area contributed by atoms with Crippen molar-refractivity contribution in [3.63, 3.8) is 0 Å². The van der Waals surface area contributed by atoms with Crippen LogP contribution in [0.2, 0.25) is 0 Å². The van der Waals surface area contributed by atoms with E-state index in [1.807, 2.05) is 0 Å². The molecular formula is C18H28N2. The summed E-state index contributed by atoms with van der Waals surface area (Å²) in [4.78, 5) is 2.71. The van der Waals surface area contributed by atoms with Crippen molar-refractivity contribution in [2.24, 2.45) is 0 Å². The van der Waals surface area contributed by atoms with E-state index in [1.54, 1.807) is 0 Å². The third-order valence-corrected chi connectivity index (χ3v) is 4.89. The predicted molar refractivity (Wildman–Crippen MR) is 86.2 cm³/mol. The highest BCUT2D eigenvalue weighted by atomic mass is 15.2. The smallest absolute Gasteiger partial charge is 0.0414 e. The van der Waals surface area contributed by atoms with Crippen LogP contribution in [0, 0.1) is 0 Å². The maximum atomic E-state index is 3.72. The number of benzene rings is 1. The lowest BCUT2D eigenvalue weighted by molar-refractivity contribution is 0.375. The third kappa shape index (κ3) is 3.01. The Morgan fingerprint density at radius 3 is 2.50 bits per heavy atom. The van der Waals surface area contributed by atoms with Crippen molar-refractivity contribution in [3.05, 3.63) is 29.8 Å². The van der Waals surface area contributed by atoms with Gasteiger partial charge in [0.2, 0.25) is 0 Å². The Hall–Kier alpha value is -1.02. The Balaban J connectivity index is 1.92. The Bertz CT molecular complexity index is 444. The summed E-state index contributed by atoms with van der Waals surface area (Å²) in [5.74, 6) is 0. The predicted octanol–water partition coefficient (Wildman–Crippen LogP) is 4.10. The van der Waals surface area contributed by atoms with Gasteiger partial charge in [-0.2, -0.15) is 0 Å². The van der Waals surface area contributed by atoms with Crippen molar-refractivity contribution in [2.75, 3.05) is 11.4 Å². The van der Waals surface area contributed by atoms with Gasteiger partial charge in [0.1, 0.15) is 0 Å². The van der Waals surface area contributed by atoms with Crippen LogP contribution in [0.4, 0.5) is 5.69 Å². The second-order valence-electron chi connectivity index (χ2n) is 7.14. The van der Waals surface area contributed by atoms with Crippen LogP contribution >= 0.6 is 0 Å². The zero-order valence-corrected chi connectivity index (χ0v) is 13.0. The zero-order chi connectivity index (χ0) is 14.0. The summed E-state index contributed by atoms with van der Waals surface area (Å²) in [6.45, 7) is 6.78. The van der Waals surface area contributed by atoms with Crippen molar-refractivity contribution in [1.82, 2.24) is 5.32 Å². The number of fused-ring (bicyclic) bond motifs is 1. The molecule has 1 aliphatic carbocycles. The number of nitrogens with zero attached hydrogens (tertiary/aromatic N) is 1. The first-order valence-electron chi connectivity index (χ1n) is 8.25. The molecule has 1 fully saturated rings. The van der Waals surface area contributed by atoms with Gasteiger partial charge in [0.15, 0.2) is 0 Å². The molecule has 2 nitrogen and oxygen atoms in total. The summed E-state index contributed by atoms with van der Waals surface area (Å²) in [7, 11) is 0. The van der Waals surface area contributed by atoms with Crippen LogP contribution in [0.15, 0.2) is 24.3 Å². The molecular weight excluding hydrogens is 244 g/mol. The minimum Gasteiger partial charge on any atom is -0.366 e. The quantitative estimate of drug-likeness (QED) is 0.774. The summed E-state index contributed by atoms with van der Waals surface area (Å²) < 4.78 is 0. The SMILES string of the molecule is CC1(C)CN(C2CCCCCC2)c2ccccc2CN1. The molecule has 1 heterocycles. The van der Waals surface area contributed by atoms with Gasteiger partial charge in [-0.15, -0.1) is 0 Å². The third-order valence-electron chi connectivity index (χ3n) is 4.89. The van der Waals surface area contributed by atoms with Gasteiger partial charge in [-0.1, -0.05) is 43.9 Å². The van der Waals surface area contributed by atoms with Crippen LogP contribution in [0.25, 0.3) is 0 Å². The lowest BCUT2D eigenvalue weighted by atomic mass is 10.0. The van der Waals surface area contributed by atoms with E-state index >= 15 is 0 Å². The maximum absolute atomic E-state index is 3.72. The van der Waals surface area contributed by atoms with Crippen LogP contribution < -0.4 is 10.2 Å². The molecule has 1 aliphatic heterocycles. The van der Waals surface area contributed by atoms with E-state index in [1.165, 1.54) is 49.8 Å². The van der Waals surface area contributed by atoms with Crippen molar-refractivity contribution < 1.29 is 0 Å². The van der Waals surface area contributed by atoms with Crippen molar-refractivity contribution in [2.45, 2.75) is 70.5 Å². The normalized spacial score (nSPS) is 23.8. The molecule has 0 amide bonds. The molecule has 0 spiro atoms. The monoisotopic (exact) mass is 272 g/mol. The molecule has 1 saturated carbocycles. The summed E-state index contributed by atoms with van der Waals surface area (Å²) in [6.07, 6.45) is 8.38. The first-order valence-corrected chi connectivity index (χ1v) is 8.25. The molecule has 2 heteroatoms. The first kappa shape index (κ1) is 13.9. The summed E-state index contributed by atoms with van der Waals surface area (Å²) in [6, 6.07) is 9.71. The van der Waals surface area contributed by atoms with Crippen molar-refractivity contribution >= 4 is 5.69 Å². The molecule has 2 aliphatic rings. The van der Waals surface area contributed by atoms with Gasteiger partial charge in [0.25, 0.3) is 0 Å². The topological polar surface area (TPSA) is 15.3 Å². The summed E-state index contributed by atoms with van der Waals surface area (Å²) in [5.41, 5.74) is 3.12. The van der Waals surface area contributed by atoms with E-state index in [0.29, 0.717) is 0 Å². The molecule has 0 saturated heterocycles. The molecule has 1 aromatic carbocycles. The standard InChI is InChI=1S/C18H28N2/c1-18(2)14-20(16-10-5-3-4-6-11-16)17-12-8-7-9-15(17)13-19-18/h7-9,12,16,19H,3-6,10-11,13-14H2,1-2H3. The summed E-state index contributed by atoms with van der Waals surface area (Å²) >= 11 is 0. The molecule has 0 aromatic heterocycles. The Morgan fingerprint density at radius 1 is 1.05 bits per heavy atom. The highest BCUT2D eigenvalue weighted by Gasteiger charge is 2.30. The minimum absolute atomic E-state index is 0.186. The fourth-order valence-electron chi connectivity index (χ4n) is 3.74. The fourth-order valence-corrected chi connectivity index (χ4v) is 3.74. The molecule has 0 radical (unpaired) electrons. The van der Waals surface area contributed by atoms with E-state index in [-0.39, 0.29) is 5.54 Å². The van der Waals surface area contributed by atoms with E-state index in [0.717, 1.165) is 19.1 Å². The number of hydrogen-bond donors (Lipinski definition) is 1. The van der Waals surface area contributed by atoms with Gasteiger partial charge in [0.05, 0.1) is 0 Å². The fraction of sp³-hybridized carbons (Fsp3) is 0.667. The molecule has 110 valence electrons. The Labute approximate surface area is 123 Å². The Morgan fingerprint density at radius 2 is 1.75 bits per heavy atom. The van der Waals surface area contributed by atoms with Gasteiger partial charge in [-0.3, -0.25) is 0 Å². The van der Waals surface area contributed by atoms with Gasteiger partial charge < -0.3 is 10.2 Å². The number of nitrogens with one attached hydrogen (secondary N) is 1. The molecule has 20 heavy (non-hydrogen) atoms. The molecule has 0 atom stereocenters. The van der Waals surface area contributed by atoms with E-state index in [4.69, 9.17) is 0 Å². The van der Waals surface area contributed by atoms with Gasteiger partial charge >= 0.3 is 0 Å². The number of hydrogen-bond acceptors (Lipinski definition) is 2. The van der Waals surface area contributed by atoms with Gasteiger partial charge in [0, 0.05) is 30.4 Å². The lowest BCUT2D eigenvalue weighted by Gasteiger charge is -2.38. The van der Waals surface area contributed by atoms with Crippen LogP contribution in [0.1, 0.15) is 57.9 Å². The number of para-hydroxylation sites is 1. The molecule has 0 unspecified atom stereocenters. The van der Waals surface area contributed by atoms with Crippen molar-refractivity contribution in [3.8, 4) is 0 Å². The molecule has 1 aromatic rings.